The van der Waals surface area contributed by atoms with Crippen LogP contribution >= 0.6 is 0 Å². The molecule has 0 radical (unpaired) electrons. The summed E-state index contributed by atoms with van der Waals surface area (Å²) in [7, 11) is 3.27. The molecular weight excluding hydrogens is 462 g/mol. The van der Waals surface area contributed by atoms with Gasteiger partial charge in [-0.15, -0.1) is 0 Å². The lowest BCUT2D eigenvalue weighted by atomic mass is 9.97. The highest BCUT2D eigenvalue weighted by molar-refractivity contribution is 6.10. The molecule has 186 valence electrons. The maximum atomic E-state index is 14.1. The molecule has 6 nitrogen and oxygen atoms in total. The summed E-state index contributed by atoms with van der Waals surface area (Å²) in [5, 5.41) is 3.13. The van der Waals surface area contributed by atoms with Crippen molar-refractivity contribution in [1.29, 1.82) is 0 Å². The predicted octanol–water partition coefficient (Wildman–Crippen LogP) is 6.68. The largest absolute Gasteiger partial charge is 0.497 e. The number of nitrogens with one attached hydrogen (secondary N) is 1. The molecule has 0 fully saturated rings. The molecule has 0 spiro atoms. The second-order valence-corrected chi connectivity index (χ2v) is 9.27. The second kappa shape index (κ2) is 9.54. The highest BCUT2D eigenvalue weighted by Crippen LogP contribution is 2.40. The monoisotopic (exact) mass is 491 g/mol. The van der Waals surface area contributed by atoms with Gasteiger partial charge in [0.2, 0.25) is 0 Å². The highest BCUT2D eigenvalue weighted by atomic mass is 16.5. The average Bonchev–Trinajstić information content (AvgIpc) is 3.37. The van der Waals surface area contributed by atoms with Crippen molar-refractivity contribution < 1.29 is 14.3 Å². The Morgan fingerprint density at radius 1 is 0.838 bits per heavy atom. The lowest BCUT2D eigenvalue weighted by Crippen LogP contribution is -2.16. The number of benzene rings is 3. The Bertz CT molecular complexity index is 1580. The third-order valence-electron chi connectivity index (χ3n) is 7.15. The molecule has 0 bridgehead atoms. The second-order valence-electron chi connectivity index (χ2n) is 9.27. The summed E-state index contributed by atoms with van der Waals surface area (Å²) >= 11 is 0. The van der Waals surface area contributed by atoms with Gasteiger partial charge in [-0.05, 0) is 54.7 Å². The van der Waals surface area contributed by atoms with Crippen LogP contribution in [0.5, 0.6) is 11.5 Å². The van der Waals surface area contributed by atoms with Crippen molar-refractivity contribution in [3.63, 3.8) is 0 Å². The van der Waals surface area contributed by atoms with E-state index in [0.717, 1.165) is 59.6 Å². The molecule has 1 aliphatic heterocycles. The van der Waals surface area contributed by atoms with Crippen LogP contribution in [0.1, 0.15) is 28.9 Å². The topological polar surface area (TPSA) is 56.9 Å². The van der Waals surface area contributed by atoms with Crippen LogP contribution in [0.2, 0.25) is 0 Å². The van der Waals surface area contributed by atoms with Crippen LogP contribution in [0, 0.1) is 0 Å². The van der Waals surface area contributed by atoms with Crippen LogP contribution < -0.4 is 14.8 Å². The standard InChI is InChI=1S/C31H29N3O3/c1-36-23-17-15-22(16-18-23)28-24-12-8-9-19-33-26(21-10-4-3-5-11-21)20-34(31(24)33)29(28)30(35)32-25-13-6-7-14-27(25)37-2/h3-7,10-11,13-18,20H,8-9,12,19H2,1-2H3,(H,32,35). The highest BCUT2D eigenvalue weighted by Gasteiger charge is 2.30. The summed E-state index contributed by atoms with van der Waals surface area (Å²) in [5.74, 6) is 1.24. The number of rotatable bonds is 6. The van der Waals surface area contributed by atoms with E-state index in [-0.39, 0.29) is 5.91 Å². The van der Waals surface area contributed by atoms with Gasteiger partial charge in [0.05, 0.1) is 25.6 Å². The average molecular weight is 492 g/mol. The SMILES string of the molecule is COc1ccc(-c2c3c4n(c(-c5ccccc5)cn4c2C(=O)Nc2ccccc2OC)CCCC3)cc1. The van der Waals surface area contributed by atoms with Crippen molar-refractivity contribution in [1.82, 2.24) is 8.97 Å². The minimum Gasteiger partial charge on any atom is -0.497 e. The maximum absolute atomic E-state index is 14.1. The van der Waals surface area contributed by atoms with E-state index in [1.807, 2.05) is 54.6 Å². The van der Waals surface area contributed by atoms with E-state index in [2.05, 4.69) is 44.7 Å². The molecule has 37 heavy (non-hydrogen) atoms. The Hall–Kier alpha value is -4.45. The van der Waals surface area contributed by atoms with Gasteiger partial charge in [0.1, 0.15) is 22.8 Å². The van der Waals surface area contributed by atoms with Crippen molar-refractivity contribution >= 4 is 17.2 Å². The summed E-state index contributed by atoms with van der Waals surface area (Å²) in [5.41, 5.74) is 7.79. The number of carbonyl (C=O) groups is 1. The van der Waals surface area contributed by atoms with Crippen molar-refractivity contribution in [2.75, 3.05) is 19.5 Å². The van der Waals surface area contributed by atoms with Crippen molar-refractivity contribution in [2.45, 2.75) is 25.8 Å². The quantitative estimate of drug-likeness (QED) is 0.288. The minimum absolute atomic E-state index is 0.172. The molecule has 5 aromatic rings. The Labute approximate surface area is 216 Å². The zero-order chi connectivity index (χ0) is 25.4. The minimum atomic E-state index is -0.172. The summed E-state index contributed by atoms with van der Waals surface area (Å²) in [6.45, 7) is 0.910. The number of imidazole rings is 1. The molecule has 0 unspecified atom stereocenters. The Morgan fingerprint density at radius 3 is 2.35 bits per heavy atom. The number of aromatic nitrogens is 2. The zero-order valence-electron chi connectivity index (χ0n) is 21.0. The van der Waals surface area contributed by atoms with Gasteiger partial charge < -0.3 is 19.4 Å². The number of amides is 1. The molecule has 1 amide bonds. The number of para-hydroxylation sites is 2. The number of carbonyl (C=O) groups excluding carboxylic acids is 1. The maximum Gasteiger partial charge on any atom is 0.273 e. The fourth-order valence-electron chi connectivity index (χ4n) is 5.45. The van der Waals surface area contributed by atoms with E-state index in [0.29, 0.717) is 17.1 Å². The van der Waals surface area contributed by atoms with Gasteiger partial charge in [-0.3, -0.25) is 9.20 Å². The first-order valence-electron chi connectivity index (χ1n) is 12.6. The predicted molar refractivity (Wildman–Crippen MR) is 147 cm³/mol. The first-order chi connectivity index (χ1) is 18.2. The van der Waals surface area contributed by atoms with Gasteiger partial charge in [0.15, 0.2) is 0 Å². The molecule has 3 aromatic carbocycles. The molecule has 0 atom stereocenters. The van der Waals surface area contributed by atoms with Crippen molar-refractivity contribution in [3.8, 4) is 33.9 Å². The number of methoxy groups -OCH3 is 2. The van der Waals surface area contributed by atoms with Gasteiger partial charge in [-0.1, -0.05) is 54.6 Å². The third kappa shape index (κ3) is 3.95. The van der Waals surface area contributed by atoms with Crippen LogP contribution in [0.25, 0.3) is 28.0 Å². The summed E-state index contributed by atoms with van der Waals surface area (Å²) in [6.07, 6.45) is 5.17. The van der Waals surface area contributed by atoms with E-state index in [9.17, 15) is 4.79 Å². The molecule has 1 N–H and O–H groups in total. The molecular formula is C31H29N3O3. The molecule has 6 rings (SSSR count). The van der Waals surface area contributed by atoms with E-state index in [1.165, 1.54) is 5.56 Å². The molecule has 2 aromatic heterocycles. The molecule has 3 heterocycles. The molecule has 1 aliphatic rings. The Morgan fingerprint density at radius 2 is 1.59 bits per heavy atom. The fraction of sp³-hybridized carbons (Fsp3) is 0.194. The lowest BCUT2D eigenvalue weighted by Gasteiger charge is -2.12. The van der Waals surface area contributed by atoms with E-state index >= 15 is 0 Å². The van der Waals surface area contributed by atoms with Crippen LogP contribution in [0.4, 0.5) is 5.69 Å². The number of hydrogen-bond donors (Lipinski definition) is 1. The van der Waals surface area contributed by atoms with Gasteiger partial charge >= 0.3 is 0 Å². The zero-order valence-corrected chi connectivity index (χ0v) is 21.0. The van der Waals surface area contributed by atoms with Crippen molar-refractivity contribution in [2.24, 2.45) is 0 Å². The van der Waals surface area contributed by atoms with Gasteiger partial charge in [-0.2, -0.15) is 0 Å². The number of hydrogen-bond acceptors (Lipinski definition) is 3. The molecule has 0 aliphatic carbocycles. The van der Waals surface area contributed by atoms with E-state index < -0.39 is 0 Å². The van der Waals surface area contributed by atoms with Crippen LogP contribution in [-0.2, 0) is 13.0 Å². The normalized spacial score (nSPS) is 12.8. The number of nitrogens with zero attached hydrogens (tertiary/aromatic N) is 2. The number of anilines is 1. The lowest BCUT2D eigenvalue weighted by molar-refractivity contribution is 0.102. The molecule has 6 heteroatoms. The summed E-state index contributed by atoms with van der Waals surface area (Å²) in [4.78, 5) is 14.1. The first-order valence-corrected chi connectivity index (χ1v) is 12.6. The first kappa shape index (κ1) is 23.0. The van der Waals surface area contributed by atoms with Gasteiger partial charge in [0, 0.05) is 23.9 Å². The summed E-state index contributed by atoms with van der Waals surface area (Å²) in [6, 6.07) is 25.9. The summed E-state index contributed by atoms with van der Waals surface area (Å²) < 4.78 is 15.4. The third-order valence-corrected chi connectivity index (χ3v) is 7.15. The fourth-order valence-corrected chi connectivity index (χ4v) is 5.45. The number of aryl methyl sites for hydroxylation is 2. The van der Waals surface area contributed by atoms with Gasteiger partial charge in [-0.25, -0.2) is 0 Å². The van der Waals surface area contributed by atoms with E-state index in [4.69, 9.17) is 9.47 Å². The molecule has 0 saturated carbocycles. The van der Waals surface area contributed by atoms with Crippen LogP contribution in [-0.4, -0.2) is 29.1 Å². The van der Waals surface area contributed by atoms with Crippen LogP contribution in [0.15, 0.2) is 85.1 Å². The Balaban J connectivity index is 1.60. The van der Waals surface area contributed by atoms with E-state index in [1.54, 1.807) is 14.2 Å². The number of ether oxygens (including phenoxy) is 2. The van der Waals surface area contributed by atoms with Gasteiger partial charge in [0.25, 0.3) is 5.91 Å². The Kier molecular flexibility index (Phi) is 5.93. The van der Waals surface area contributed by atoms with Crippen molar-refractivity contribution in [3.05, 3.63) is 96.3 Å². The molecule has 0 saturated heterocycles. The van der Waals surface area contributed by atoms with Crippen LogP contribution in [0.3, 0.4) is 0 Å². The smallest absolute Gasteiger partial charge is 0.273 e.